The average molecular weight is 644 g/mol. The van der Waals surface area contributed by atoms with E-state index in [1.807, 2.05) is 6.07 Å². The summed E-state index contributed by atoms with van der Waals surface area (Å²) in [5.74, 6) is -0.767. The van der Waals surface area contributed by atoms with Crippen LogP contribution in [0.4, 0.5) is 26.3 Å². The zero-order chi connectivity index (χ0) is 33.2. The van der Waals surface area contributed by atoms with Crippen molar-refractivity contribution in [3.05, 3.63) is 96.7 Å². The Kier molecular flexibility index (Phi) is 8.54. The molecule has 0 aliphatic carbocycles. The molecule has 0 saturated carbocycles. The van der Waals surface area contributed by atoms with Gasteiger partial charge in [0.05, 0.1) is 35.4 Å². The van der Waals surface area contributed by atoms with E-state index >= 15 is 0 Å². The second kappa shape index (κ2) is 12.4. The molecule has 0 N–H and O–H groups in total. The maximum Gasteiger partial charge on any atom is 0.573 e. The maximum atomic E-state index is 12.3. The first-order chi connectivity index (χ1) is 21.7. The van der Waals surface area contributed by atoms with E-state index in [4.69, 9.17) is 0 Å². The van der Waals surface area contributed by atoms with E-state index in [2.05, 4.69) is 29.8 Å². The number of ether oxygens (including phenoxy) is 2. The minimum Gasteiger partial charge on any atom is -0.406 e. The fourth-order valence-electron chi connectivity index (χ4n) is 4.40. The first-order valence-electron chi connectivity index (χ1n) is 13.2. The Morgan fingerprint density at radius 2 is 1.43 bits per heavy atom. The van der Waals surface area contributed by atoms with Crippen LogP contribution < -0.4 is 9.47 Å². The number of fused-ring (bicyclic) bond motifs is 2. The van der Waals surface area contributed by atoms with E-state index in [-0.39, 0.29) is 17.4 Å². The molecule has 2 aromatic carbocycles. The van der Waals surface area contributed by atoms with Crippen molar-refractivity contribution in [1.29, 1.82) is 0 Å². The molecule has 1 amide bonds. The summed E-state index contributed by atoms with van der Waals surface area (Å²) in [5.41, 5.74) is 5.01. The van der Waals surface area contributed by atoms with Crippen LogP contribution in [0.2, 0.25) is 0 Å². The van der Waals surface area contributed by atoms with Gasteiger partial charge in [0.1, 0.15) is 23.3 Å². The van der Waals surface area contributed by atoms with Crippen molar-refractivity contribution < 1.29 is 40.6 Å². The van der Waals surface area contributed by atoms with Crippen molar-refractivity contribution in [3.8, 4) is 33.9 Å². The summed E-state index contributed by atoms with van der Waals surface area (Å²) in [6.07, 6.45) is -3.27. The number of carbonyl (C=O) groups is 1. The lowest BCUT2D eigenvalue weighted by atomic mass is 10.0. The number of nitrogens with zero attached hydrogens (tertiary/aromatic N) is 7. The highest BCUT2D eigenvalue weighted by molar-refractivity contribution is 6.00. The number of aryl methyl sites for hydroxylation is 1. The molecule has 0 aliphatic heterocycles. The van der Waals surface area contributed by atoms with Crippen LogP contribution in [-0.2, 0) is 0 Å². The fourth-order valence-corrected chi connectivity index (χ4v) is 4.40. The topological polar surface area (TPSA) is 99.2 Å². The number of benzene rings is 2. The largest absolute Gasteiger partial charge is 0.573 e. The van der Waals surface area contributed by atoms with Crippen LogP contribution in [-0.4, -0.2) is 67.1 Å². The van der Waals surface area contributed by atoms with Crippen LogP contribution in [0.3, 0.4) is 0 Å². The van der Waals surface area contributed by atoms with E-state index in [1.165, 1.54) is 64.4 Å². The predicted octanol–water partition coefficient (Wildman–Crippen LogP) is 6.60. The number of carbonyl (C=O) groups excluding carboxylic acids is 1. The third-order valence-corrected chi connectivity index (χ3v) is 6.44. The second-order valence-corrected chi connectivity index (χ2v) is 9.95. The third-order valence-electron chi connectivity index (χ3n) is 6.44. The Labute approximate surface area is 256 Å². The first kappa shape index (κ1) is 31.7. The SMILES string of the molecule is Cc1cc(OC(F)(F)F)ccc1-c1cnn2ncc(C(=O)N(C)C)c2c1.FC(F)(F)Oc1ccc(-c2cc3ccnn3cn2)cc1. The molecular formula is C30H23F6N7O3. The molecule has 0 radical (unpaired) electrons. The standard InChI is InChI=1S/C17H15F3N4O2.C13H8F3N3O/c1-10-6-12(26-17(18,19)20)4-5-13(10)11-7-15-14(16(25)23(2)3)9-22-24(15)21-8-11;14-13(15,16)20-11-3-1-9(2-4-11)12-7-10-5-6-18-19(10)8-17-12/h4-9H,1-3H3;1-8H. The Hall–Kier alpha value is -5.67. The molecule has 4 aromatic heterocycles. The van der Waals surface area contributed by atoms with E-state index in [9.17, 15) is 31.1 Å². The van der Waals surface area contributed by atoms with Crippen LogP contribution in [0.5, 0.6) is 11.5 Å². The highest BCUT2D eigenvalue weighted by Crippen LogP contribution is 2.31. The molecule has 0 atom stereocenters. The number of aromatic nitrogens is 6. The van der Waals surface area contributed by atoms with Gasteiger partial charge in [-0.2, -0.15) is 19.9 Å². The molecule has 0 spiro atoms. The summed E-state index contributed by atoms with van der Waals surface area (Å²) in [6.45, 7) is 1.67. The van der Waals surface area contributed by atoms with Crippen LogP contribution in [0, 0.1) is 6.92 Å². The number of alkyl halides is 6. The van der Waals surface area contributed by atoms with E-state index in [0.717, 1.165) is 5.52 Å². The molecule has 0 bridgehead atoms. The summed E-state index contributed by atoms with van der Waals surface area (Å²) in [4.78, 5) is 17.9. The lowest BCUT2D eigenvalue weighted by Gasteiger charge is -2.12. The van der Waals surface area contributed by atoms with E-state index in [1.54, 1.807) is 50.2 Å². The highest BCUT2D eigenvalue weighted by Gasteiger charge is 2.32. The molecule has 0 unspecified atom stereocenters. The van der Waals surface area contributed by atoms with Gasteiger partial charge in [-0.25, -0.2) is 9.50 Å². The quantitative estimate of drug-likeness (QED) is 0.195. The summed E-state index contributed by atoms with van der Waals surface area (Å²) >= 11 is 0. The zero-order valence-electron chi connectivity index (χ0n) is 24.2. The monoisotopic (exact) mass is 643 g/mol. The van der Waals surface area contributed by atoms with Gasteiger partial charge < -0.3 is 14.4 Å². The predicted molar refractivity (Wildman–Crippen MR) is 153 cm³/mol. The minimum absolute atomic E-state index is 0.218. The van der Waals surface area contributed by atoms with Gasteiger partial charge >= 0.3 is 12.7 Å². The van der Waals surface area contributed by atoms with Gasteiger partial charge in [0, 0.05) is 25.2 Å². The summed E-state index contributed by atoms with van der Waals surface area (Å²) < 4.78 is 83.9. The van der Waals surface area contributed by atoms with Crippen LogP contribution in [0.1, 0.15) is 15.9 Å². The van der Waals surface area contributed by atoms with E-state index < -0.39 is 12.7 Å². The average Bonchev–Trinajstić information content (AvgIpc) is 3.62. The molecule has 0 fully saturated rings. The van der Waals surface area contributed by atoms with Gasteiger partial charge in [0.15, 0.2) is 0 Å². The molecule has 46 heavy (non-hydrogen) atoms. The van der Waals surface area contributed by atoms with Gasteiger partial charge in [-0.15, -0.1) is 26.3 Å². The van der Waals surface area contributed by atoms with Gasteiger partial charge in [0.25, 0.3) is 5.91 Å². The molecule has 0 saturated heterocycles. The van der Waals surface area contributed by atoms with Crippen molar-refractivity contribution in [2.75, 3.05) is 14.1 Å². The molecule has 10 nitrogen and oxygen atoms in total. The molecular weight excluding hydrogens is 620 g/mol. The summed E-state index contributed by atoms with van der Waals surface area (Å²) in [6, 6.07) is 15.0. The zero-order valence-corrected chi connectivity index (χ0v) is 24.2. The van der Waals surface area contributed by atoms with Gasteiger partial charge in [-0.05, 0) is 72.6 Å². The van der Waals surface area contributed by atoms with Crippen molar-refractivity contribution in [2.24, 2.45) is 0 Å². The Balaban J connectivity index is 0.000000187. The van der Waals surface area contributed by atoms with Gasteiger partial charge in [0.2, 0.25) is 0 Å². The molecule has 238 valence electrons. The second-order valence-electron chi connectivity index (χ2n) is 9.95. The minimum atomic E-state index is -4.74. The summed E-state index contributed by atoms with van der Waals surface area (Å²) in [7, 11) is 3.26. The Morgan fingerprint density at radius 1 is 0.783 bits per heavy atom. The molecule has 4 heterocycles. The first-order valence-corrected chi connectivity index (χ1v) is 13.2. The molecule has 6 rings (SSSR count). The Bertz CT molecular complexity index is 2000. The van der Waals surface area contributed by atoms with Gasteiger partial charge in [-0.3, -0.25) is 4.79 Å². The molecule has 0 aliphatic rings. The lowest BCUT2D eigenvalue weighted by Crippen LogP contribution is -2.21. The van der Waals surface area contributed by atoms with Crippen LogP contribution in [0.25, 0.3) is 33.4 Å². The lowest BCUT2D eigenvalue weighted by molar-refractivity contribution is -0.275. The number of halogens is 6. The Morgan fingerprint density at radius 3 is 2.09 bits per heavy atom. The maximum absolute atomic E-state index is 12.3. The third kappa shape index (κ3) is 7.51. The van der Waals surface area contributed by atoms with Crippen LogP contribution in [0.15, 0.2) is 85.6 Å². The number of rotatable bonds is 5. The normalized spacial score (nSPS) is 11.7. The highest BCUT2D eigenvalue weighted by atomic mass is 19.4. The van der Waals surface area contributed by atoms with Crippen molar-refractivity contribution in [2.45, 2.75) is 19.6 Å². The van der Waals surface area contributed by atoms with Gasteiger partial charge in [-0.1, -0.05) is 6.07 Å². The van der Waals surface area contributed by atoms with E-state index in [0.29, 0.717) is 39.0 Å². The smallest absolute Gasteiger partial charge is 0.406 e. The van der Waals surface area contributed by atoms with Crippen molar-refractivity contribution >= 4 is 16.9 Å². The molecule has 16 heteroatoms. The summed E-state index contributed by atoms with van der Waals surface area (Å²) in [5, 5.41) is 12.2. The fraction of sp³-hybridized carbons (Fsp3) is 0.167. The number of amides is 1. The molecule has 6 aromatic rings. The number of hydrogen-bond acceptors (Lipinski definition) is 7. The van der Waals surface area contributed by atoms with Crippen molar-refractivity contribution in [1.82, 2.24) is 34.3 Å². The van der Waals surface area contributed by atoms with Crippen molar-refractivity contribution in [3.63, 3.8) is 0 Å². The van der Waals surface area contributed by atoms with Crippen LogP contribution >= 0.6 is 0 Å². The number of hydrogen-bond donors (Lipinski definition) is 0.